The lowest BCUT2D eigenvalue weighted by molar-refractivity contribution is -0.273. The monoisotopic (exact) mass is 1050 g/mol. The molecule has 9 unspecified atom stereocenters. The second-order valence-electron chi connectivity index (χ2n) is 22.2. The lowest BCUT2D eigenvalue weighted by Gasteiger charge is -2.37. The molecular weight excluding hydrogens is 973 g/mol. The van der Waals surface area contributed by atoms with Crippen molar-refractivity contribution in [3.63, 3.8) is 0 Å². The molecule has 3 rings (SSSR count). The quantitative estimate of drug-likeness (QED) is 0.0790. The van der Waals surface area contributed by atoms with Crippen molar-refractivity contribution >= 4 is 17.9 Å². The van der Waals surface area contributed by atoms with Gasteiger partial charge in [-0.3, -0.25) is 14.4 Å². The Bertz CT molecular complexity index is 1900. The van der Waals surface area contributed by atoms with Crippen LogP contribution in [0.1, 0.15) is 173 Å². The number of benzene rings is 1. The van der Waals surface area contributed by atoms with E-state index in [2.05, 4.69) is 0 Å². The molecule has 0 spiro atoms. The number of alkyl halides is 12. The summed E-state index contributed by atoms with van der Waals surface area (Å²) in [5.74, 6) is -1.67. The van der Waals surface area contributed by atoms with E-state index in [4.69, 9.17) is 14.2 Å². The summed E-state index contributed by atoms with van der Waals surface area (Å²) in [4.78, 5) is 36.6. The Morgan fingerprint density at radius 1 is 0.549 bits per heavy atom. The van der Waals surface area contributed by atoms with Crippen LogP contribution in [0.25, 0.3) is 0 Å². The third-order valence-corrected chi connectivity index (χ3v) is 14.6. The fraction of sp³-hybridized carbons (Fsp3) is 0.820. The summed E-state index contributed by atoms with van der Waals surface area (Å²) in [6.07, 6.45) is -17.5. The van der Waals surface area contributed by atoms with Crippen LogP contribution in [0.2, 0.25) is 0 Å². The first-order valence-electron chi connectivity index (χ1n) is 23.7. The number of fused-ring (bicyclic) bond motifs is 2. The van der Waals surface area contributed by atoms with E-state index in [0.29, 0.717) is 45.4 Å². The lowest BCUT2D eigenvalue weighted by Crippen LogP contribution is -2.48. The van der Waals surface area contributed by atoms with Crippen molar-refractivity contribution in [3.8, 4) is 0 Å². The molecule has 9 atom stereocenters. The van der Waals surface area contributed by atoms with Crippen LogP contribution in [0.4, 0.5) is 52.7 Å². The van der Waals surface area contributed by atoms with Gasteiger partial charge in [0.05, 0.1) is 16.2 Å². The second-order valence-corrected chi connectivity index (χ2v) is 22.2. The Morgan fingerprint density at radius 3 is 1.28 bits per heavy atom. The van der Waals surface area contributed by atoms with Gasteiger partial charge < -0.3 is 29.5 Å². The highest BCUT2D eigenvalue weighted by Gasteiger charge is 2.58. The van der Waals surface area contributed by atoms with Gasteiger partial charge in [-0.2, -0.15) is 52.7 Å². The van der Waals surface area contributed by atoms with Crippen molar-refractivity contribution in [1.29, 1.82) is 0 Å². The Kier molecular flexibility index (Phi) is 21.3. The minimum Gasteiger partial charge on any atom is -0.462 e. The van der Waals surface area contributed by atoms with E-state index in [9.17, 15) is 82.4 Å². The molecule has 3 N–H and O–H groups in total. The minimum atomic E-state index is -5.01. The van der Waals surface area contributed by atoms with E-state index in [-0.39, 0.29) is 18.3 Å². The molecule has 414 valence electrons. The third kappa shape index (κ3) is 16.6. The predicted octanol–water partition coefficient (Wildman–Crippen LogP) is 13.4. The number of aliphatic hydroxyl groups is 3. The Hall–Kier alpha value is -3.33. The van der Waals surface area contributed by atoms with Crippen LogP contribution in [-0.4, -0.2) is 81.3 Å². The van der Waals surface area contributed by atoms with Gasteiger partial charge in [0.15, 0.2) is 16.8 Å². The van der Waals surface area contributed by atoms with Crippen LogP contribution < -0.4 is 0 Å². The summed E-state index contributed by atoms with van der Waals surface area (Å²) in [5.41, 5.74) is -15.9. The molecule has 0 heterocycles. The van der Waals surface area contributed by atoms with Crippen LogP contribution in [-0.2, 0) is 39.8 Å². The SMILES string of the molecule is CCC(C)(C)C(=O)OC(C)(c1ccc(C(C)(O)C(F)(F)F)cc1)C(F)(F)F.CCC(C)(C)C(=O)OC(CC(C)(O)C(F)(F)F)C(C)C.CCC(C)(C)C(=O)OC(CC(C)(O)C(F)(F)F)C1CC2CCC1C2. The van der Waals surface area contributed by atoms with Crippen molar-refractivity contribution < 1.29 is 96.6 Å². The van der Waals surface area contributed by atoms with Gasteiger partial charge in [0.2, 0.25) is 5.60 Å². The van der Waals surface area contributed by atoms with Gasteiger partial charge in [0.25, 0.3) is 0 Å². The molecule has 1 aromatic carbocycles. The second kappa shape index (κ2) is 23.1. The highest BCUT2D eigenvalue weighted by molar-refractivity contribution is 5.77. The van der Waals surface area contributed by atoms with Crippen molar-refractivity contribution in [2.24, 2.45) is 39.9 Å². The molecule has 2 aliphatic carbocycles. The van der Waals surface area contributed by atoms with E-state index >= 15 is 0 Å². The van der Waals surface area contributed by atoms with E-state index in [1.165, 1.54) is 13.8 Å². The number of esters is 3. The molecule has 0 aliphatic heterocycles. The molecule has 2 bridgehead atoms. The number of halogens is 12. The van der Waals surface area contributed by atoms with Gasteiger partial charge in [-0.15, -0.1) is 0 Å². The van der Waals surface area contributed by atoms with Crippen molar-refractivity contribution in [3.05, 3.63) is 35.4 Å². The summed E-state index contributed by atoms with van der Waals surface area (Å²) in [7, 11) is 0. The van der Waals surface area contributed by atoms with Gasteiger partial charge in [0, 0.05) is 18.4 Å². The maximum Gasteiger partial charge on any atom is 0.432 e. The fourth-order valence-electron chi connectivity index (χ4n) is 7.37. The lowest BCUT2D eigenvalue weighted by atomic mass is 9.80. The van der Waals surface area contributed by atoms with Gasteiger partial charge in [-0.25, -0.2) is 0 Å². The number of carbonyl (C=O) groups excluding carboxylic acids is 3. The van der Waals surface area contributed by atoms with E-state index in [1.807, 2.05) is 6.92 Å². The predicted molar refractivity (Wildman–Crippen MR) is 240 cm³/mol. The van der Waals surface area contributed by atoms with Crippen LogP contribution in [0.5, 0.6) is 0 Å². The average molecular weight is 1050 g/mol. The molecule has 0 radical (unpaired) electrons. The maximum atomic E-state index is 13.7. The average Bonchev–Trinajstić information content (AvgIpc) is 3.86. The molecule has 1 aromatic rings. The van der Waals surface area contributed by atoms with Gasteiger partial charge in [-0.05, 0) is 137 Å². The standard InChI is InChI=1S/C18H22F6O3.C18H29F3O3.C14H25F3O3/c1-6-14(2,3)13(25)27-16(5,18(22,23)24)12-9-7-11(8-10-12)15(4,26)17(19,20)21;1-5-16(2,3)15(22)24-14(10-17(4,23)18(19,20)21)13-9-11-6-7-12(13)8-11;1-7-12(4,5)11(18)20-10(9(2)3)8-13(6,19)14(15,16)17/h7-10,26H,6H2,1-5H3;11-14,23H,5-10H2,1-4H3;9-10,19H,7-8H2,1-6H3. The molecule has 0 amide bonds. The summed E-state index contributed by atoms with van der Waals surface area (Å²) in [6.45, 7) is 20.8. The van der Waals surface area contributed by atoms with E-state index in [0.717, 1.165) is 56.9 Å². The van der Waals surface area contributed by atoms with Crippen LogP contribution >= 0.6 is 0 Å². The highest BCUT2D eigenvalue weighted by atomic mass is 19.4. The molecule has 9 nitrogen and oxygen atoms in total. The molecule has 2 fully saturated rings. The minimum absolute atomic E-state index is 0.0748. The topological polar surface area (TPSA) is 140 Å². The fourth-order valence-corrected chi connectivity index (χ4v) is 7.37. The third-order valence-electron chi connectivity index (χ3n) is 14.6. The zero-order chi connectivity index (χ0) is 56.2. The summed E-state index contributed by atoms with van der Waals surface area (Å²) < 4.78 is 173. The molecular formula is C50H76F12O9. The molecule has 0 saturated heterocycles. The Morgan fingerprint density at radius 2 is 0.944 bits per heavy atom. The first kappa shape index (κ1) is 65.7. The normalized spacial score (nSPS) is 22.2. The zero-order valence-electron chi connectivity index (χ0n) is 43.5. The maximum absolute atomic E-state index is 13.7. The van der Waals surface area contributed by atoms with Crippen molar-refractivity contribution in [2.45, 2.75) is 221 Å². The number of hydrogen-bond donors (Lipinski definition) is 3. The van der Waals surface area contributed by atoms with Crippen molar-refractivity contribution in [1.82, 2.24) is 0 Å². The number of rotatable bonds is 17. The zero-order valence-corrected chi connectivity index (χ0v) is 43.5. The van der Waals surface area contributed by atoms with E-state index in [1.54, 1.807) is 55.4 Å². The van der Waals surface area contributed by atoms with Gasteiger partial charge >= 0.3 is 42.6 Å². The van der Waals surface area contributed by atoms with Crippen LogP contribution in [0.3, 0.4) is 0 Å². The first-order chi connectivity index (χ1) is 31.5. The largest absolute Gasteiger partial charge is 0.462 e. The van der Waals surface area contributed by atoms with E-state index < -0.39 is 117 Å². The molecule has 2 saturated carbocycles. The number of carbonyl (C=O) groups is 3. The highest BCUT2D eigenvalue weighted by Crippen LogP contribution is 2.52. The number of ether oxygens (including phenoxy) is 3. The molecule has 71 heavy (non-hydrogen) atoms. The summed E-state index contributed by atoms with van der Waals surface area (Å²) >= 11 is 0. The molecule has 0 aromatic heterocycles. The van der Waals surface area contributed by atoms with Crippen LogP contribution in [0, 0.1) is 39.9 Å². The van der Waals surface area contributed by atoms with Crippen molar-refractivity contribution in [2.75, 3.05) is 0 Å². The molecule has 2 aliphatic rings. The smallest absolute Gasteiger partial charge is 0.432 e. The van der Waals surface area contributed by atoms with Gasteiger partial charge in [-0.1, -0.05) is 65.3 Å². The Labute approximate surface area is 410 Å². The summed E-state index contributed by atoms with van der Waals surface area (Å²) in [6, 6.07) is 2.97. The first-order valence-corrected chi connectivity index (χ1v) is 23.7. The Balaban J connectivity index is 0.000000539. The number of hydrogen-bond acceptors (Lipinski definition) is 9. The van der Waals surface area contributed by atoms with Crippen LogP contribution in [0.15, 0.2) is 24.3 Å². The van der Waals surface area contributed by atoms with Gasteiger partial charge in [0.1, 0.15) is 12.2 Å². The summed E-state index contributed by atoms with van der Waals surface area (Å²) in [5, 5.41) is 29.1. The molecule has 21 heteroatoms.